The van der Waals surface area contributed by atoms with Crippen molar-refractivity contribution >= 4 is 90.5 Å². The summed E-state index contributed by atoms with van der Waals surface area (Å²) >= 11 is 0. The van der Waals surface area contributed by atoms with Crippen molar-refractivity contribution in [1.82, 2.24) is 14.1 Å². The van der Waals surface area contributed by atoms with Gasteiger partial charge in [-0.15, -0.1) is 29.7 Å². The van der Waals surface area contributed by atoms with Crippen LogP contribution in [0.1, 0.15) is 90.8 Å². The number of hydrogen-bond donors (Lipinski definition) is 0. The molecule has 5 nitrogen and oxygen atoms in total. The maximum atomic E-state index is 11.5. The average Bonchev–Trinajstić information content (AvgIpc) is 1.04. The fraction of sp³-hybridized carbons (Fsp3) is 0.0400. The second-order valence-corrected chi connectivity index (χ2v) is 32.1. The third-order valence-electron chi connectivity index (χ3n) is 18.0. The number of fused-ring (bicyclic) bond motifs is 4. The molecule has 108 heavy (non-hydrogen) atoms. The van der Waals surface area contributed by atoms with Crippen molar-refractivity contribution in [3.8, 4) is 73.2 Å². The number of benzene rings is 15. The van der Waals surface area contributed by atoms with Gasteiger partial charge in [0.15, 0.2) is 16.1 Å². The summed E-state index contributed by atoms with van der Waals surface area (Å²) in [7, 11) is -13.3. The normalized spacial score (nSPS) is 17.9. The molecule has 0 radical (unpaired) electrons. The predicted molar refractivity (Wildman–Crippen MR) is 448 cm³/mol. The van der Waals surface area contributed by atoms with Crippen molar-refractivity contribution in [2.24, 2.45) is 0 Å². The van der Waals surface area contributed by atoms with Crippen molar-refractivity contribution in [3.05, 3.63) is 417 Å². The van der Waals surface area contributed by atoms with Crippen molar-refractivity contribution in [1.29, 1.82) is 0 Å². The summed E-state index contributed by atoms with van der Waals surface area (Å²) in [4.78, 5) is 4.81. The molecule has 0 aliphatic heterocycles. The molecule has 520 valence electrons. The fourth-order valence-corrected chi connectivity index (χ4v) is 20.6. The Morgan fingerprint density at radius 3 is 1.41 bits per heavy atom. The van der Waals surface area contributed by atoms with E-state index in [1.54, 1.807) is 18.3 Å². The zero-order valence-corrected chi connectivity index (χ0v) is 60.7. The molecule has 0 unspecified atom stereocenters. The summed E-state index contributed by atoms with van der Waals surface area (Å²) in [6.07, 6.45) is 4.83. The van der Waals surface area contributed by atoms with Crippen LogP contribution in [0.3, 0.4) is 0 Å². The topological polar surface area (TPSA) is 35.9 Å². The Bertz CT molecular complexity index is 8650. The summed E-state index contributed by atoms with van der Waals surface area (Å²) in [5.74, 6) is 0.159. The van der Waals surface area contributed by atoms with E-state index < -0.39 is 408 Å². The Morgan fingerprint density at radius 2 is 0.861 bits per heavy atom. The van der Waals surface area contributed by atoms with Gasteiger partial charge in [-0.2, -0.15) is 18.2 Å². The van der Waals surface area contributed by atoms with Crippen LogP contribution in [0.15, 0.2) is 393 Å². The van der Waals surface area contributed by atoms with Gasteiger partial charge < -0.3 is 13.9 Å². The molecule has 18 aromatic rings. The molecule has 0 spiro atoms. The van der Waals surface area contributed by atoms with E-state index in [1.807, 2.05) is 61.7 Å². The minimum Gasteiger partial charge on any atom is -0.510 e. The second kappa shape index (κ2) is 29.2. The monoisotopic (exact) mass is 1640 g/mol. The van der Waals surface area contributed by atoms with Crippen LogP contribution in [0, 0.1) is 18.5 Å². The molecule has 3 heterocycles. The van der Waals surface area contributed by atoms with E-state index in [0.29, 0.717) is 22.2 Å². The maximum absolute atomic E-state index is 11.5. The number of imidazole rings is 1. The Labute approximate surface area is 714 Å². The van der Waals surface area contributed by atoms with E-state index in [1.165, 1.54) is 18.2 Å². The fourth-order valence-electron chi connectivity index (χ4n) is 13.3. The van der Waals surface area contributed by atoms with Crippen molar-refractivity contribution in [2.75, 3.05) is 0 Å². The molecule has 0 fully saturated rings. The van der Waals surface area contributed by atoms with Crippen LogP contribution in [0.2, 0.25) is 0 Å². The summed E-state index contributed by atoms with van der Waals surface area (Å²) in [5.41, 5.74) is -9.05. The van der Waals surface area contributed by atoms with Crippen LogP contribution >= 0.6 is 0 Å². The van der Waals surface area contributed by atoms with Gasteiger partial charge in [0.2, 0.25) is 0 Å². The molecule has 0 aliphatic rings. The Kier molecular flexibility index (Phi) is 9.20. The van der Waals surface area contributed by atoms with Crippen molar-refractivity contribution < 1.29 is 94.8 Å². The number of ether oxygens (including phenoxy) is 1. The van der Waals surface area contributed by atoms with Gasteiger partial charge in [-0.3, -0.25) is 4.57 Å². The molecule has 0 amide bonds. The van der Waals surface area contributed by atoms with Crippen LogP contribution < -0.4 is 50.8 Å². The standard InChI is InChI=1S/C100H74N4OSi2.Pt/c1-100(2,3)78-61-62-101-98(67-78)104-94-56-29-28-53-92(94)93-59-57-81(69-96(93)104)105-80-39-31-38-79(68-80)102-71-103(95-60-58-89(70-97(95)102)107(85-46-22-9-23-47-85,86-48-24-10-25-49-86)87-50-26-11-27-51-87)99-90(54-32-55-91(99)77-64-75(72-33-12-4-13-34-72)63-76(65-77)73-35-14-5-15-36-73)74-37-30-52-88(66-74)106(82-40-16-6-17-41-82,83-42-18-7-19-43-83)84-44-20-8-21-45-84;/h4-67,70H,1-3H3;/q-2;/i4D,5D,6D,7D,8D,9D,10D,11D,12D,13D,14D,15D,16D,17D,18D,19D,20D,21D,22D,23D,24D,25D,26D,27D,30D,33D,34D,35D,36D,37D,40D,41D,42D,43D,44D,45D,46D,47D,48D,49D,50D,51D,52D,63D,64D,65D,66D;. The third kappa shape index (κ3) is 12.4. The van der Waals surface area contributed by atoms with Crippen molar-refractivity contribution in [3.63, 3.8) is 0 Å². The molecule has 0 aliphatic carbocycles. The van der Waals surface area contributed by atoms with Gasteiger partial charge in [-0.1, -0.05) is 347 Å². The van der Waals surface area contributed by atoms with Gasteiger partial charge >= 0.3 is 0 Å². The molecule has 0 bridgehead atoms. The largest absolute Gasteiger partial charge is 0.510 e. The molecule has 0 saturated carbocycles. The Balaban J connectivity index is 0.0000162. The summed E-state index contributed by atoms with van der Waals surface area (Å²) in [6, 6.07) is -28.6. The molecule has 8 heteroatoms. The first kappa shape index (κ1) is 34.0. The average molecular weight is 1650 g/mol. The summed E-state index contributed by atoms with van der Waals surface area (Å²) < 4.78 is 468. The van der Waals surface area contributed by atoms with Crippen LogP contribution in [0.25, 0.3) is 94.5 Å². The van der Waals surface area contributed by atoms with Gasteiger partial charge in [-0.05, 0) is 144 Å². The minimum atomic E-state index is -6.93. The van der Waals surface area contributed by atoms with E-state index in [0.717, 1.165) is 56.5 Å². The Morgan fingerprint density at radius 1 is 0.389 bits per heavy atom. The van der Waals surface area contributed by atoms with Gasteiger partial charge in [0.25, 0.3) is 6.33 Å². The maximum Gasteiger partial charge on any atom is 0.268 e. The molecule has 15 aromatic carbocycles. The summed E-state index contributed by atoms with van der Waals surface area (Å²) in [6.45, 7) is 6.04. The van der Waals surface area contributed by atoms with Gasteiger partial charge in [-0.25, -0.2) is 4.98 Å². The zero-order chi connectivity index (χ0) is 113. The number of rotatable bonds is 17. The first-order chi connectivity index (χ1) is 72.2. The first-order valence-corrected chi connectivity index (χ1v) is 36.8. The second-order valence-electron chi connectivity index (χ2n) is 25.0. The van der Waals surface area contributed by atoms with Gasteiger partial charge in [0.1, 0.15) is 5.82 Å². The Hall–Kier alpha value is -12.4. The number of nitrogens with zero attached hydrogens (tertiary/aromatic N) is 4. The van der Waals surface area contributed by atoms with Gasteiger partial charge in [0, 0.05) is 44.3 Å². The van der Waals surface area contributed by atoms with Crippen molar-refractivity contribution in [2.45, 2.75) is 26.2 Å². The van der Waals surface area contributed by atoms with E-state index in [4.69, 9.17) is 26.2 Å². The minimum absolute atomic E-state index is 0. The van der Waals surface area contributed by atoms with Crippen LogP contribution in [0.4, 0.5) is 0 Å². The number of pyridine rings is 1. The quantitative estimate of drug-likeness (QED) is 0.0394. The molecule has 3 aromatic heterocycles. The number of hydrogen-bond acceptors (Lipinski definition) is 2. The molecular formula is C100H74N4OPtSi2-2. The van der Waals surface area contributed by atoms with Crippen LogP contribution in [0.5, 0.6) is 11.5 Å². The third-order valence-corrected chi connectivity index (χ3v) is 26.2. The van der Waals surface area contributed by atoms with Gasteiger partial charge in [0.05, 0.1) is 81.1 Å². The molecule has 0 N–H and O–H groups in total. The van der Waals surface area contributed by atoms with E-state index in [-0.39, 0.29) is 38.3 Å². The van der Waals surface area contributed by atoms with E-state index in [9.17, 15) is 48.0 Å². The van der Waals surface area contributed by atoms with E-state index in [2.05, 4.69) is 18.5 Å². The smallest absolute Gasteiger partial charge is 0.268 e. The first-order valence-electron chi connectivity index (χ1n) is 56.3. The SMILES string of the molecule is [2H]c1c([2H])c([2H])c(-c2c([2H])c(-c3cccc(-c4c([2H])c([2H])c([2H])c([Si](c5c([2H])c([2H])c([2H])c([2H])c5[2H])(c5c([2H])c([2H])c([2H])c([2H])c5[2H])c5c([2H])c([2H])c([2H])c([2H])c5[2H])c4[2H])c3-[n+]3[c-]n(-c4[c-]c(Oc5[c-]c6c(cc5)c5ccccc5n6-c5cc(C(C)(C)C)ccn5)ccc4)c4cc([Si](c5c([2H])c([2H])c([2H])c([2H])c5[2H])(c5c([2H])c([2H])c([2H])c([2H])c5[2H])c5c([2H])c([2H])c([2H])c([2H])c5[2H])ccc43)c([2H])c(-c3c([2H])c([2H])c([2H])c([2H])c3[2H])c2[2H])c([2H])c1[2H].[Pt]. The summed E-state index contributed by atoms with van der Waals surface area (Å²) in [5, 5.41) is -7.77. The van der Waals surface area contributed by atoms with Crippen LogP contribution in [-0.4, -0.2) is 30.3 Å². The number of para-hydroxylation sites is 2. The molecular weight excluding hydrogens is 1520 g/mol. The molecule has 18 rings (SSSR count). The zero-order valence-electron chi connectivity index (χ0n) is 103. The molecule has 0 atom stereocenters. The van der Waals surface area contributed by atoms with Crippen LogP contribution in [-0.2, 0) is 26.5 Å². The predicted octanol–water partition coefficient (Wildman–Crippen LogP) is 18.3. The molecule has 0 saturated heterocycles. The van der Waals surface area contributed by atoms with E-state index >= 15 is 0 Å². The number of aromatic nitrogens is 4.